The first-order valence-corrected chi connectivity index (χ1v) is 45.6. The van der Waals surface area contributed by atoms with Gasteiger partial charge in [0.25, 0.3) is 0 Å². The lowest BCUT2D eigenvalue weighted by Gasteiger charge is -2.17. The van der Waals surface area contributed by atoms with Gasteiger partial charge in [0.1, 0.15) is 34.9 Å². The largest absolute Gasteiger partial charge is 0.309 e. The molecular weight excluding hydrogens is 1720 g/mol. The van der Waals surface area contributed by atoms with Gasteiger partial charge >= 0.3 is 0 Å². The fourth-order valence-corrected chi connectivity index (χ4v) is 20.7. The minimum Gasteiger partial charge on any atom is -0.309 e. The first-order valence-electron chi connectivity index (χ1n) is 60.1. The summed E-state index contributed by atoms with van der Waals surface area (Å²) < 4.78 is 265. The van der Waals surface area contributed by atoms with Crippen molar-refractivity contribution < 1.29 is 39.8 Å². The minimum atomic E-state index is -0.886. The molecule has 660 valence electrons. The molecule has 0 fully saturated rings. The van der Waals surface area contributed by atoms with E-state index in [4.69, 9.17) is 49.7 Å². The average Bonchev–Trinajstić information content (AvgIpc) is 1.53. The molecule has 0 amide bonds. The van der Waals surface area contributed by atoms with E-state index in [1.807, 2.05) is 167 Å². The van der Waals surface area contributed by atoms with E-state index < -0.39 is 149 Å². The maximum absolute atomic E-state index is 8.90. The molecule has 0 aliphatic carbocycles. The molecule has 12 heteroatoms. The van der Waals surface area contributed by atoms with Crippen LogP contribution in [0.1, 0.15) is 39.8 Å². The molecule has 12 heterocycles. The molecule has 0 radical (unpaired) electrons. The zero-order valence-electron chi connectivity index (χ0n) is 103. The quantitative estimate of drug-likeness (QED) is 0.144. The summed E-state index contributed by atoms with van der Waals surface area (Å²) >= 11 is 0. The van der Waals surface area contributed by atoms with Crippen molar-refractivity contribution in [2.24, 2.45) is 0 Å². The zero-order valence-corrected chi connectivity index (χ0v) is 74.1. The summed E-state index contributed by atoms with van der Waals surface area (Å²) in [6.07, 6.45) is 0. The highest BCUT2D eigenvalue weighted by Crippen LogP contribution is 2.44. The SMILES string of the molecule is [2H]c1c(-n2c3c([2H])c([2H])c([2H])c([2H])c3c3c([2H])c([2H])c([2H])c([2H])c32)nc(-n2c3c([2H])c([2H])c([2H])c([2H])c3c3c([2H])c([2H])c([2H])c([2H])c32)c([2H])c1[2H].[2H]c1c(-n2c3ccccc3c3ccccc32)nc(-n2c3ccccc3c3ccccc32)c([2H])c1[2H].[2H]c1cc(-n2c3ccccc3c3ccccc32)nc(-n2c3ccccc3c3ccccc32)c1.[2H]c1ccc2c(c1)c1cc([2H])ccc1n2-c1cc(-n2c3ccc([2H])cc3c3cc([2H])ccc32)cc(-n2c3ccc([2H])cc3c3cc([2H])ccc32)c1. The number of fused-ring (bicyclic) bond motifs is 27. The lowest BCUT2D eigenvalue weighted by atomic mass is 10.2. The molecule has 19 aromatic carbocycles. The van der Waals surface area contributed by atoms with Gasteiger partial charge in [-0.15, -0.1) is 0 Å². The van der Waals surface area contributed by atoms with Gasteiger partial charge in [0.05, 0.1) is 156 Å². The number of aromatic nitrogens is 12. The Labute approximate surface area is 849 Å². The Balaban J connectivity index is 0.000000107. The van der Waals surface area contributed by atoms with E-state index in [2.05, 4.69) is 167 Å². The summed E-state index contributed by atoms with van der Waals surface area (Å²) in [5.41, 5.74) is 14.3. The molecule has 0 aliphatic heterocycles. The van der Waals surface area contributed by atoms with Crippen molar-refractivity contribution in [3.05, 3.63) is 509 Å². The van der Waals surface area contributed by atoms with Crippen molar-refractivity contribution in [3.63, 3.8) is 0 Å². The molecule has 31 aromatic rings. The second kappa shape index (κ2) is 32.8. The first kappa shape index (κ1) is 56.2. The number of pyridine rings is 3. The van der Waals surface area contributed by atoms with Crippen LogP contribution in [0.5, 0.6) is 0 Å². The number of hydrogen-bond donors (Lipinski definition) is 0. The molecule has 0 aliphatic rings. The zero-order chi connectivity index (χ0) is 118. The third-order valence-electron chi connectivity index (χ3n) is 26.5. The molecule has 0 atom stereocenters. The van der Waals surface area contributed by atoms with E-state index in [0.29, 0.717) is 53.9 Å². The van der Waals surface area contributed by atoms with Crippen molar-refractivity contribution in [2.75, 3.05) is 0 Å². The minimum absolute atomic E-state index is 0.0639. The predicted octanol–water partition coefficient (Wildman–Crippen LogP) is 32.8. The van der Waals surface area contributed by atoms with Crippen LogP contribution in [0.3, 0.4) is 0 Å². The van der Waals surface area contributed by atoms with E-state index in [1.54, 1.807) is 36.4 Å². The van der Waals surface area contributed by atoms with E-state index in [9.17, 15) is 0 Å². The van der Waals surface area contributed by atoms with Crippen LogP contribution in [0.25, 0.3) is 248 Å². The van der Waals surface area contributed by atoms with Gasteiger partial charge in [-0.3, -0.25) is 27.4 Å². The second-order valence-corrected chi connectivity index (χ2v) is 34.0. The Kier molecular flexibility index (Phi) is 13.1. The van der Waals surface area contributed by atoms with E-state index in [1.165, 1.54) is 21.5 Å². The van der Waals surface area contributed by atoms with Crippen LogP contribution in [0, 0.1) is 0 Å². The summed E-state index contributed by atoms with van der Waals surface area (Å²) in [7, 11) is 0. The topological polar surface area (TPSA) is 83.0 Å². The van der Waals surface area contributed by atoms with Crippen LogP contribution in [0.15, 0.2) is 509 Å². The van der Waals surface area contributed by atoms with E-state index in [0.717, 1.165) is 169 Å². The summed E-state index contributed by atoms with van der Waals surface area (Å²) in [6.45, 7) is 0. The van der Waals surface area contributed by atoms with Gasteiger partial charge in [-0.05, 0) is 164 Å². The fraction of sp³-hybridized carbons (Fsp3) is 0. The molecule has 12 aromatic heterocycles. The first-order chi connectivity index (χ1) is 81.9. The monoisotopic (exact) mass is 1830 g/mol. The normalized spacial score (nSPS) is 14.7. The predicted molar refractivity (Wildman–Crippen MR) is 588 cm³/mol. The highest BCUT2D eigenvalue weighted by Gasteiger charge is 2.25. The van der Waals surface area contributed by atoms with Crippen molar-refractivity contribution >= 4 is 196 Å². The fourth-order valence-electron chi connectivity index (χ4n) is 20.7. The summed E-state index contributed by atoms with van der Waals surface area (Å²) in [5.74, 6) is 0.824. The molecule has 0 saturated heterocycles. The molecule has 0 bridgehead atoms. The van der Waals surface area contributed by atoms with Gasteiger partial charge < -0.3 is 13.7 Å². The lowest BCUT2D eigenvalue weighted by Crippen LogP contribution is -2.03. The molecule has 0 unspecified atom stereocenters. The maximum Gasteiger partial charge on any atom is 0.140 e. The van der Waals surface area contributed by atoms with Gasteiger partial charge in [0, 0.05) is 97.0 Å². The van der Waals surface area contributed by atoms with Crippen LogP contribution in [0.2, 0.25) is 0 Å². The Morgan fingerprint density at radius 1 is 0.121 bits per heavy atom. The molecule has 12 nitrogen and oxygen atoms in total. The molecule has 0 spiro atoms. The Morgan fingerprint density at radius 2 is 0.291 bits per heavy atom. The summed E-state index contributed by atoms with van der Waals surface area (Å²) in [5, 5.41) is 12.9. The third-order valence-corrected chi connectivity index (χ3v) is 26.5. The molecule has 141 heavy (non-hydrogen) atoms. The van der Waals surface area contributed by atoms with Crippen molar-refractivity contribution in [3.8, 4) is 52.0 Å². The van der Waals surface area contributed by atoms with E-state index in [-0.39, 0.29) is 39.7 Å². The number of rotatable bonds is 9. The lowest BCUT2D eigenvalue weighted by molar-refractivity contribution is 1.01. The number of benzene rings is 19. The van der Waals surface area contributed by atoms with Gasteiger partial charge in [-0.1, -0.05) is 345 Å². The van der Waals surface area contributed by atoms with Crippen molar-refractivity contribution in [2.45, 2.75) is 0 Å². The van der Waals surface area contributed by atoms with E-state index >= 15 is 0 Å². The smallest absolute Gasteiger partial charge is 0.140 e. The number of nitrogens with zero attached hydrogens (tertiary/aromatic N) is 12. The Morgan fingerprint density at radius 3 is 0.518 bits per heavy atom. The van der Waals surface area contributed by atoms with Crippen molar-refractivity contribution in [1.82, 2.24) is 56.1 Å². The Bertz CT molecular complexity index is 11100. The number of para-hydroxylation sites is 18. The standard InChI is InChI=1S/C42H27N3.3C29H19N3/c1-7-19-37-31(13-1)32-14-2-8-20-38(32)43(37)28-25-29(44-39-21-9-3-15-33(39)34-16-4-10-22-40(34)44)27-30(26-28)45-41-23-11-5-17-35(41)36-18-6-12-24-42(36)45;3*1-5-14-24-20(10-1)21-11-2-6-15-25(21)31(24)28-18-9-19-29(30-28)32-26-16-7-3-12-22(26)23-13-4-8-17-27(23)32/h1-27H;3*1-19H/i1D,2D,3D,4D,5D,6D;1D,2D,3D,4D,5D,6D,7D,8D,9D,10D,11D,12D,13D,14D,15D,16D,17D,18D,19D;9D,18D,19D;9D. The van der Waals surface area contributed by atoms with Crippen molar-refractivity contribution in [1.29, 1.82) is 0 Å². The Hall–Kier alpha value is -19.2. The van der Waals surface area contributed by atoms with Gasteiger partial charge in [0.2, 0.25) is 0 Å². The van der Waals surface area contributed by atoms with Crippen LogP contribution >= 0.6 is 0 Å². The van der Waals surface area contributed by atoms with Crippen LogP contribution in [-0.4, -0.2) is 56.1 Å². The van der Waals surface area contributed by atoms with Crippen LogP contribution in [-0.2, 0) is 0 Å². The molecule has 0 N–H and O–H groups in total. The molecule has 0 saturated carbocycles. The highest BCUT2D eigenvalue weighted by molar-refractivity contribution is 6.17. The average molecular weight is 1830 g/mol. The van der Waals surface area contributed by atoms with Gasteiger partial charge in [-0.2, -0.15) is 0 Å². The maximum atomic E-state index is 8.90. The van der Waals surface area contributed by atoms with Crippen LogP contribution < -0.4 is 0 Å². The van der Waals surface area contributed by atoms with Crippen LogP contribution in [0.4, 0.5) is 0 Å². The number of hydrogen-bond acceptors (Lipinski definition) is 3. The molecule has 31 rings (SSSR count). The second-order valence-electron chi connectivity index (χ2n) is 34.0. The summed E-state index contributed by atoms with van der Waals surface area (Å²) in [6, 6.07) is 97.8. The highest BCUT2D eigenvalue weighted by atomic mass is 15.2. The molecular formula is C129H84N12. The summed E-state index contributed by atoms with van der Waals surface area (Å²) in [4.78, 5) is 14.5. The third kappa shape index (κ3) is 12.8. The van der Waals surface area contributed by atoms with Gasteiger partial charge in [-0.25, -0.2) is 15.0 Å². The van der Waals surface area contributed by atoms with Gasteiger partial charge in [0.15, 0.2) is 0 Å².